The average molecular weight is 675 g/mol. The van der Waals surface area contributed by atoms with Crippen LogP contribution in [-0.2, 0) is 19.2 Å². The monoisotopic (exact) mass is 674 g/mol. The molecule has 3 aromatic rings. The number of ether oxygens (including phenoxy) is 1. The predicted octanol–water partition coefficient (Wildman–Crippen LogP) is 5.03. The summed E-state index contributed by atoms with van der Waals surface area (Å²) in [5.41, 5.74) is -0.863. The maximum atomic E-state index is 14.5. The molecule has 13 heteroatoms. The van der Waals surface area contributed by atoms with Crippen LogP contribution in [0.5, 0.6) is 17.2 Å². The summed E-state index contributed by atoms with van der Waals surface area (Å²) in [6.45, 7) is 1.64. The first-order valence-electron chi connectivity index (χ1n) is 15.1. The Bertz CT molecular complexity index is 2010. The van der Waals surface area contributed by atoms with E-state index in [-0.39, 0.29) is 35.0 Å². The lowest BCUT2D eigenvalue weighted by atomic mass is 9.51. The van der Waals surface area contributed by atoms with Crippen molar-refractivity contribution in [3.05, 3.63) is 88.2 Å². The van der Waals surface area contributed by atoms with Crippen molar-refractivity contribution in [2.75, 3.05) is 16.9 Å². The van der Waals surface area contributed by atoms with Gasteiger partial charge in [0.25, 0.3) is 0 Å². The minimum absolute atomic E-state index is 0.0000640. The smallest absolute Gasteiger partial charge is 0.339 e. The van der Waals surface area contributed by atoms with Crippen molar-refractivity contribution in [1.82, 2.24) is 0 Å². The molecular weight excluding hydrogens is 647 g/mol. The quantitative estimate of drug-likeness (QED) is 0.249. The van der Waals surface area contributed by atoms with Crippen molar-refractivity contribution >= 4 is 52.6 Å². The van der Waals surface area contributed by atoms with Crippen LogP contribution in [0, 0.1) is 34.9 Å². The summed E-state index contributed by atoms with van der Waals surface area (Å²) in [6, 6.07) is 11.6. The molecule has 7 rings (SSSR count). The van der Waals surface area contributed by atoms with Crippen molar-refractivity contribution < 1.29 is 48.4 Å². The number of halogens is 2. The molecule has 3 fully saturated rings. The molecule has 1 saturated carbocycles. The number of carbonyl (C=O) groups is 5. The first kappa shape index (κ1) is 31.4. The summed E-state index contributed by atoms with van der Waals surface area (Å²) in [7, 11) is 1.43. The maximum Gasteiger partial charge on any atom is 0.339 e. The van der Waals surface area contributed by atoms with Gasteiger partial charge in [0.15, 0.2) is 0 Å². The Morgan fingerprint density at radius 2 is 1.62 bits per heavy atom. The Morgan fingerprint density at radius 1 is 0.917 bits per heavy atom. The number of aromatic hydroxyl groups is 2. The Balaban J connectivity index is 1.36. The van der Waals surface area contributed by atoms with Gasteiger partial charge in [0.2, 0.25) is 23.6 Å². The second-order valence-corrected chi connectivity index (χ2v) is 13.1. The molecule has 4 aliphatic rings. The summed E-state index contributed by atoms with van der Waals surface area (Å²) in [5, 5.41) is 30.7. The number of anilines is 2. The molecule has 0 unspecified atom stereocenters. The number of phenolic OH excluding ortho intramolecular Hbond substituents is 1. The zero-order chi connectivity index (χ0) is 34.4. The second-order valence-electron chi connectivity index (χ2n) is 12.7. The molecule has 0 spiro atoms. The van der Waals surface area contributed by atoms with E-state index in [0.717, 1.165) is 28.0 Å². The van der Waals surface area contributed by atoms with Gasteiger partial charge in [0.05, 0.1) is 46.7 Å². The number of fused-ring (bicyclic) bond motifs is 4. The summed E-state index contributed by atoms with van der Waals surface area (Å²) in [4.78, 5) is 70.1. The van der Waals surface area contributed by atoms with E-state index < -0.39 is 81.7 Å². The molecule has 2 aliphatic carbocycles. The molecule has 3 aromatic carbocycles. The number of carbonyl (C=O) groups excluding carboxylic acids is 4. The van der Waals surface area contributed by atoms with Gasteiger partial charge in [-0.05, 0) is 62.1 Å². The number of phenols is 2. The fourth-order valence-corrected chi connectivity index (χ4v) is 8.39. The third-order valence-electron chi connectivity index (χ3n) is 10.5. The number of rotatable bonds is 5. The molecule has 2 saturated heterocycles. The second kappa shape index (κ2) is 10.9. The molecule has 246 valence electrons. The minimum atomic E-state index is -1.47. The zero-order valence-corrected chi connectivity index (χ0v) is 26.3. The van der Waals surface area contributed by atoms with E-state index in [1.165, 1.54) is 31.4 Å². The van der Waals surface area contributed by atoms with Gasteiger partial charge in [-0.1, -0.05) is 29.3 Å². The number of imide groups is 2. The van der Waals surface area contributed by atoms with E-state index in [2.05, 4.69) is 0 Å². The van der Waals surface area contributed by atoms with Crippen LogP contribution < -0.4 is 14.5 Å². The van der Waals surface area contributed by atoms with Crippen molar-refractivity contribution in [2.45, 2.75) is 25.7 Å². The highest BCUT2D eigenvalue weighted by atomic mass is 35.5. The molecule has 2 aliphatic heterocycles. The van der Waals surface area contributed by atoms with E-state index in [4.69, 9.17) is 16.3 Å². The van der Waals surface area contributed by atoms with E-state index in [9.17, 15) is 43.7 Å². The highest BCUT2D eigenvalue weighted by Gasteiger charge is 2.68. The lowest BCUT2D eigenvalue weighted by Crippen LogP contribution is -2.48. The van der Waals surface area contributed by atoms with Crippen molar-refractivity contribution in [1.29, 1.82) is 0 Å². The van der Waals surface area contributed by atoms with Gasteiger partial charge in [0, 0.05) is 23.6 Å². The Kier molecular flexibility index (Phi) is 7.13. The van der Waals surface area contributed by atoms with E-state index in [1.54, 1.807) is 25.1 Å². The predicted molar refractivity (Wildman–Crippen MR) is 168 cm³/mol. The molecule has 11 nitrogen and oxygen atoms in total. The lowest BCUT2D eigenvalue weighted by molar-refractivity contribution is -0.131. The summed E-state index contributed by atoms with van der Waals surface area (Å²) in [6.07, 6.45) is 1.93. The van der Waals surface area contributed by atoms with Gasteiger partial charge < -0.3 is 20.1 Å². The molecule has 6 atom stereocenters. The number of carboxylic acids is 1. The van der Waals surface area contributed by atoms with Gasteiger partial charge in [-0.3, -0.25) is 19.2 Å². The number of carboxylic acid groups (broad SMARTS) is 1. The fourth-order valence-electron chi connectivity index (χ4n) is 8.22. The number of amides is 4. The fraction of sp³-hybridized carbons (Fsp3) is 0.286. The molecule has 0 aromatic heterocycles. The van der Waals surface area contributed by atoms with Crippen molar-refractivity contribution in [2.24, 2.45) is 29.1 Å². The summed E-state index contributed by atoms with van der Waals surface area (Å²) < 4.78 is 19.4. The van der Waals surface area contributed by atoms with Crippen molar-refractivity contribution in [3.63, 3.8) is 0 Å². The van der Waals surface area contributed by atoms with Gasteiger partial charge >= 0.3 is 5.97 Å². The van der Waals surface area contributed by atoms with E-state index in [1.807, 2.05) is 0 Å². The number of nitrogens with zero attached hydrogens (tertiary/aromatic N) is 2. The number of hydrogen-bond acceptors (Lipinski definition) is 8. The van der Waals surface area contributed by atoms with E-state index in [0.29, 0.717) is 16.9 Å². The number of allylic oxidation sites excluding steroid dienone is 2. The van der Waals surface area contributed by atoms with Crippen molar-refractivity contribution in [3.8, 4) is 17.2 Å². The average Bonchev–Trinajstić information content (AvgIpc) is 3.42. The summed E-state index contributed by atoms with van der Waals surface area (Å²) >= 11 is 6.04. The van der Waals surface area contributed by atoms with Gasteiger partial charge in [-0.2, -0.15) is 0 Å². The van der Waals surface area contributed by atoms with Crippen LogP contribution >= 0.6 is 11.6 Å². The minimum Gasteiger partial charge on any atom is -0.508 e. The molecule has 4 amide bonds. The van der Waals surface area contributed by atoms with Crippen LogP contribution in [0.15, 0.2) is 66.2 Å². The third kappa shape index (κ3) is 4.28. The topological polar surface area (TPSA) is 162 Å². The molecule has 0 bridgehead atoms. The van der Waals surface area contributed by atoms with Crippen LogP contribution in [0.2, 0.25) is 5.02 Å². The highest BCUT2D eigenvalue weighted by molar-refractivity contribution is 6.32. The van der Waals surface area contributed by atoms with Crippen LogP contribution in [-0.4, -0.2) is 52.0 Å². The standard InChI is InChI=1S/C35H28ClFN2O9/c1-35-23(31(43)39(34(35)47)15-4-10-25(37)24(36)11-15)14-22-18(29(35)19-7-5-17(48-2)13-27(19)41)8-9-21-28(22)32(44)38(30(21)42)16-3-6-20(33(45)46)26(40)12-16/h3-8,10-13,21-23,28-29,40-41H,9,14H2,1-2H3,(H,45,46)/t21-,22+,23-,28-,29+,35+/m0/s1. The van der Waals surface area contributed by atoms with Crippen LogP contribution in [0.3, 0.4) is 0 Å². The number of hydrogen-bond donors (Lipinski definition) is 3. The summed E-state index contributed by atoms with van der Waals surface area (Å²) in [5.74, 6) is -9.33. The zero-order valence-electron chi connectivity index (χ0n) is 25.5. The van der Waals surface area contributed by atoms with Gasteiger partial charge in [-0.25, -0.2) is 19.0 Å². The SMILES string of the molecule is COc1ccc([C@H]2C3=CC[C@@H]4C(=O)N(c5ccc(C(=O)O)c(O)c5)C(=O)[C@@H]4[C@@H]3C[C@H]3C(=O)N(c4ccc(F)c(Cl)c4)C(=O)[C@@]23C)c(O)c1. The van der Waals surface area contributed by atoms with E-state index >= 15 is 0 Å². The van der Waals surface area contributed by atoms with Gasteiger partial charge in [0.1, 0.15) is 28.6 Å². The molecule has 2 heterocycles. The normalized spacial score (nSPS) is 27.8. The highest BCUT2D eigenvalue weighted by Crippen LogP contribution is 2.64. The number of benzene rings is 3. The molecular formula is C35H28ClFN2O9. The molecule has 0 radical (unpaired) electrons. The van der Waals surface area contributed by atoms with Crippen LogP contribution in [0.25, 0.3) is 0 Å². The Labute approximate surface area is 277 Å². The van der Waals surface area contributed by atoms with Gasteiger partial charge in [-0.15, -0.1) is 0 Å². The molecule has 3 N–H and O–H groups in total. The number of methoxy groups -OCH3 is 1. The lowest BCUT2D eigenvalue weighted by Gasteiger charge is -2.49. The molecule has 48 heavy (non-hydrogen) atoms. The largest absolute Gasteiger partial charge is 0.508 e. The third-order valence-corrected chi connectivity index (χ3v) is 10.7. The van der Waals surface area contributed by atoms with Crippen LogP contribution in [0.1, 0.15) is 41.6 Å². The first-order valence-corrected chi connectivity index (χ1v) is 15.5. The Hall–Kier alpha value is -5.23. The first-order chi connectivity index (χ1) is 22.8. The Morgan fingerprint density at radius 3 is 2.27 bits per heavy atom. The number of aromatic carboxylic acids is 1. The maximum absolute atomic E-state index is 14.5. The van der Waals surface area contributed by atoms with Crippen LogP contribution in [0.4, 0.5) is 15.8 Å².